The van der Waals surface area contributed by atoms with Crippen molar-refractivity contribution in [3.63, 3.8) is 0 Å². The quantitative estimate of drug-likeness (QED) is 0.267. The molecule has 0 aliphatic carbocycles. The van der Waals surface area contributed by atoms with E-state index < -0.39 is 5.97 Å². The van der Waals surface area contributed by atoms with Gasteiger partial charge in [-0.25, -0.2) is 0 Å². The first-order chi connectivity index (χ1) is 11.9. The molecular formula is C19H43Cl3N4O3. The van der Waals surface area contributed by atoms with Crippen LogP contribution in [0.5, 0.6) is 0 Å². The third-order valence-electron chi connectivity index (χ3n) is 4.14. The largest absolute Gasteiger partial charge is 0.481 e. The maximum Gasteiger partial charge on any atom is 0.303 e. The number of nitrogens with zero attached hydrogens (tertiary/aromatic N) is 1. The zero-order valence-electron chi connectivity index (χ0n) is 18.4. The highest BCUT2D eigenvalue weighted by Gasteiger charge is 2.18. The van der Waals surface area contributed by atoms with Crippen molar-refractivity contribution in [2.24, 2.45) is 11.5 Å². The summed E-state index contributed by atoms with van der Waals surface area (Å²) in [6.07, 6.45) is 4.23. The van der Waals surface area contributed by atoms with Crippen LogP contribution in [-0.2, 0) is 9.59 Å². The fourth-order valence-electron chi connectivity index (χ4n) is 2.42. The number of rotatable bonds is 15. The Morgan fingerprint density at radius 3 is 1.86 bits per heavy atom. The number of hydrogen-bond donors (Lipinski definition) is 4. The van der Waals surface area contributed by atoms with E-state index in [-0.39, 0.29) is 67.0 Å². The molecule has 1 amide bonds. The summed E-state index contributed by atoms with van der Waals surface area (Å²) >= 11 is 0. The molecule has 0 aromatic carbocycles. The number of aliphatic carboxylic acids is 1. The molecule has 7 nitrogen and oxygen atoms in total. The third kappa shape index (κ3) is 25.7. The van der Waals surface area contributed by atoms with E-state index in [1.165, 1.54) is 0 Å². The zero-order chi connectivity index (χ0) is 20.2. The standard InChI is InChI=1S/C19H40N4O3.3ClH/c1-18(2,20)10-13-22-12-5-6-14-23(15-11-19(3,4)21)16(24)8-7-9-17(25)26;;;/h22H,5-15,20-21H2,1-4H3,(H,25,26);3*1H. The van der Waals surface area contributed by atoms with Gasteiger partial charge >= 0.3 is 5.97 Å². The highest BCUT2D eigenvalue weighted by Crippen LogP contribution is 2.09. The number of halogens is 3. The molecule has 10 heteroatoms. The van der Waals surface area contributed by atoms with Crippen LogP contribution in [0.25, 0.3) is 0 Å². The first-order valence-corrected chi connectivity index (χ1v) is 9.69. The number of carbonyl (C=O) groups is 2. The van der Waals surface area contributed by atoms with Gasteiger partial charge in [0.05, 0.1) is 0 Å². The van der Waals surface area contributed by atoms with Crippen LogP contribution in [0.4, 0.5) is 0 Å². The van der Waals surface area contributed by atoms with Crippen LogP contribution in [-0.4, -0.2) is 59.1 Å². The number of hydrogen-bond acceptors (Lipinski definition) is 5. The van der Waals surface area contributed by atoms with Gasteiger partial charge in [-0.15, -0.1) is 37.2 Å². The predicted molar refractivity (Wildman–Crippen MR) is 128 cm³/mol. The maximum absolute atomic E-state index is 12.4. The average Bonchev–Trinajstić information content (AvgIpc) is 2.46. The fraction of sp³-hybridized carbons (Fsp3) is 0.895. The second kappa shape index (κ2) is 18.5. The van der Waals surface area contributed by atoms with Gasteiger partial charge in [0.2, 0.25) is 5.91 Å². The van der Waals surface area contributed by atoms with Crippen molar-refractivity contribution in [1.82, 2.24) is 10.2 Å². The van der Waals surface area contributed by atoms with Crippen molar-refractivity contribution < 1.29 is 14.7 Å². The number of carboxylic acids is 1. The van der Waals surface area contributed by atoms with Crippen LogP contribution in [0, 0.1) is 0 Å². The van der Waals surface area contributed by atoms with Crippen LogP contribution in [0.2, 0.25) is 0 Å². The van der Waals surface area contributed by atoms with Gasteiger partial charge < -0.3 is 26.8 Å². The number of nitrogens with two attached hydrogens (primary N) is 2. The van der Waals surface area contributed by atoms with Gasteiger partial charge in [0.1, 0.15) is 0 Å². The summed E-state index contributed by atoms with van der Waals surface area (Å²) in [7, 11) is 0. The molecule has 0 aromatic rings. The van der Waals surface area contributed by atoms with Crippen molar-refractivity contribution in [2.45, 2.75) is 83.7 Å². The van der Waals surface area contributed by atoms with Crippen molar-refractivity contribution >= 4 is 49.1 Å². The number of amides is 1. The third-order valence-corrected chi connectivity index (χ3v) is 4.14. The van der Waals surface area contributed by atoms with E-state index >= 15 is 0 Å². The normalized spacial score (nSPS) is 11.0. The van der Waals surface area contributed by atoms with E-state index in [2.05, 4.69) is 5.32 Å². The molecule has 0 atom stereocenters. The van der Waals surface area contributed by atoms with Gasteiger partial charge in [-0.2, -0.15) is 0 Å². The summed E-state index contributed by atoms with van der Waals surface area (Å²) in [6.45, 7) is 11.0. The van der Waals surface area contributed by atoms with E-state index in [9.17, 15) is 9.59 Å². The second-order valence-corrected chi connectivity index (χ2v) is 8.56. The highest BCUT2D eigenvalue weighted by molar-refractivity contribution is 5.86. The summed E-state index contributed by atoms with van der Waals surface area (Å²) in [5.41, 5.74) is 11.5. The number of unbranched alkanes of at least 4 members (excludes halogenated alkanes) is 1. The molecule has 0 heterocycles. The maximum atomic E-state index is 12.4. The lowest BCUT2D eigenvalue weighted by molar-refractivity contribution is -0.137. The Balaban J connectivity index is -0.00000104. The molecule has 0 fully saturated rings. The zero-order valence-corrected chi connectivity index (χ0v) is 20.8. The Bertz CT molecular complexity index is 428. The van der Waals surface area contributed by atoms with Gasteiger partial charge in [0.15, 0.2) is 0 Å². The Morgan fingerprint density at radius 1 is 0.828 bits per heavy atom. The van der Waals surface area contributed by atoms with E-state index in [0.29, 0.717) is 19.5 Å². The summed E-state index contributed by atoms with van der Waals surface area (Å²) in [5.74, 6) is -0.840. The van der Waals surface area contributed by atoms with Gasteiger partial charge in [-0.3, -0.25) is 9.59 Å². The molecular weight excluding hydrogens is 439 g/mol. The minimum Gasteiger partial charge on any atom is -0.481 e. The van der Waals surface area contributed by atoms with Gasteiger partial charge in [0.25, 0.3) is 0 Å². The Labute approximate surface area is 195 Å². The van der Waals surface area contributed by atoms with E-state index in [0.717, 1.165) is 38.8 Å². The highest BCUT2D eigenvalue weighted by atomic mass is 35.5. The Kier molecular flexibility index (Phi) is 23.0. The first-order valence-electron chi connectivity index (χ1n) is 9.69. The van der Waals surface area contributed by atoms with Crippen molar-refractivity contribution in [2.75, 3.05) is 26.2 Å². The lowest BCUT2D eigenvalue weighted by atomic mass is 10.0. The molecule has 0 aliphatic rings. The molecule has 0 aromatic heterocycles. The average molecular weight is 482 g/mol. The number of carboxylic acid groups (broad SMARTS) is 1. The number of carbonyl (C=O) groups excluding carboxylic acids is 1. The monoisotopic (exact) mass is 480 g/mol. The van der Waals surface area contributed by atoms with Crippen molar-refractivity contribution in [3.8, 4) is 0 Å². The van der Waals surface area contributed by atoms with Gasteiger partial charge in [-0.1, -0.05) is 0 Å². The fourth-order valence-corrected chi connectivity index (χ4v) is 2.42. The first kappa shape index (κ1) is 36.1. The van der Waals surface area contributed by atoms with E-state index in [1.54, 1.807) is 0 Å². The number of nitrogens with one attached hydrogen (secondary N) is 1. The second-order valence-electron chi connectivity index (χ2n) is 8.56. The summed E-state index contributed by atoms with van der Waals surface area (Å²) in [6, 6.07) is 0. The lowest BCUT2D eigenvalue weighted by Gasteiger charge is -2.27. The summed E-state index contributed by atoms with van der Waals surface area (Å²) in [4.78, 5) is 24.8. The van der Waals surface area contributed by atoms with Crippen LogP contribution in [0.3, 0.4) is 0 Å². The lowest BCUT2D eigenvalue weighted by Crippen LogP contribution is -2.40. The van der Waals surface area contributed by atoms with Crippen molar-refractivity contribution in [1.29, 1.82) is 0 Å². The van der Waals surface area contributed by atoms with Gasteiger partial charge in [-0.05, 0) is 72.9 Å². The molecule has 29 heavy (non-hydrogen) atoms. The van der Waals surface area contributed by atoms with Crippen LogP contribution >= 0.6 is 37.2 Å². The smallest absolute Gasteiger partial charge is 0.303 e. The van der Waals surface area contributed by atoms with E-state index in [1.807, 2.05) is 32.6 Å². The van der Waals surface area contributed by atoms with Crippen LogP contribution in [0.1, 0.15) is 72.6 Å². The Morgan fingerprint density at radius 2 is 1.38 bits per heavy atom. The van der Waals surface area contributed by atoms with E-state index in [4.69, 9.17) is 16.6 Å². The molecule has 0 bridgehead atoms. The molecule has 0 saturated carbocycles. The predicted octanol–water partition coefficient (Wildman–Crippen LogP) is 2.96. The van der Waals surface area contributed by atoms with Crippen LogP contribution < -0.4 is 16.8 Å². The molecule has 0 unspecified atom stereocenters. The summed E-state index contributed by atoms with van der Waals surface area (Å²) in [5, 5.41) is 12.1. The minimum atomic E-state index is -0.862. The van der Waals surface area contributed by atoms with Crippen molar-refractivity contribution in [3.05, 3.63) is 0 Å². The molecule has 0 spiro atoms. The molecule has 178 valence electrons. The summed E-state index contributed by atoms with van der Waals surface area (Å²) < 4.78 is 0. The molecule has 0 saturated heterocycles. The SMILES string of the molecule is CC(C)(N)CCNCCCCN(CCC(C)(C)N)C(=O)CCCC(=O)O.Cl.Cl.Cl. The topological polar surface area (TPSA) is 122 Å². The molecule has 6 N–H and O–H groups in total. The Hall–Kier alpha value is -0.310. The van der Waals surface area contributed by atoms with Gasteiger partial charge in [0, 0.05) is 37.0 Å². The molecule has 0 radical (unpaired) electrons. The molecule has 0 aliphatic heterocycles. The molecule has 0 rings (SSSR count). The van der Waals surface area contributed by atoms with Crippen LogP contribution in [0.15, 0.2) is 0 Å². The minimum absolute atomic E-state index is 0.